The van der Waals surface area contributed by atoms with Gasteiger partial charge in [-0.2, -0.15) is 0 Å². The molecular formula is C31H30F2N4O5. The number of aromatic nitrogens is 3. The van der Waals surface area contributed by atoms with E-state index < -0.39 is 23.8 Å². The molecule has 5 rings (SSSR count). The molecular weight excluding hydrogens is 546 g/mol. The van der Waals surface area contributed by atoms with Gasteiger partial charge >= 0.3 is 0 Å². The Hall–Kier alpha value is -4.80. The number of alkyl halides is 1. The summed E-state index contributed by atoms with van der Waals surface area (Å²) < 4.78 is 46.4. The van der Waals surface area contributed by atoms with E-state index in [4.69, 9.17) is 14.2 Å². The molecule has 0 bridgehead atoms. The van der Waals surface area contributed by atoms with Crippen molar-refractivity contribution in [1.82, 2.24) is 14.5 Å². The summed E-state index contributed by atoms with van der Waals surface area (Å²) in [5.74, 6) is -0.771. The lowest BCUT2D eigenvalue weighted by molar-refractivity contribution is 0.102. The molecule has 42 heavy (non-hydrogen) atoms. The first-order chi connectivity index (χ1) is 20.3. The maximum absolute atomic E-state index is 15.2. The van der Waals surface area contributed by atoms with Gasteiger partial charge in [-0.25, -0.2) is 13.8 Å². The molecule has 1 aliphatic carbocycles. The van der Waals surface area contributed by atoms with Gasteiger partial charge in [-0.05, 0) is 50.3 Å². The van der Waals surface area contributed by atoms with Crippen molar-refractivity contribution in [3.05, 3.63) is 81.7 Å². The predicted molar refractivity (Wildman–Crippen MR) is 155 cm³/mol. The van der Waals surface area contributed by atoms with Crippen LogP contribution in [0.1, 0.15) is 47.3 Å². The molecule has 1 amide bonds. The first-order valence-electron chi connectivity index (χ1n) is 13.5. The molecule has 0 saturated heterocycles. The smallest absolute Gasteiger partial charge is 0.261 e. The quantitative estimate of drug-likeness (QED) is 0.252. The maximum atomic E-state index is 15.2. The van der Waals surface area contributed by atoms with Crippen molar-refractivity contribution in [3.63, 3.8) is 0 Å². The Morgan fingerprint density at radius 1 is 1.10 bits per heavy atom. The molecule has 0 radical (unpaired) electrons. The van der Waals surface area contributed by atoms with Gasteiger partial charge in [-0.1, -0.05) is 6.08 Å². The minimum absolute atomic E-state index is 0.00450. The fourth-order valence-corrected chi connectivity index (χ4v) is 5.05. The third-order valence-electron chi connectivity index (χ3n) is 7.16. The molecule has 0 fully saturated rings. The average molecular weight is 577 g/mol. The number of methoxy groups -OCH3 is 2. The first-order valence-corrected chi connectivity index (χ1v) is 13.5. The Morgan fingerprint density at radius 3 is 2.62 bits per heavy atom. The number of rotatable bonds is 9. The lowest BCUT2D eigenvalue weighted by atomic mass is 9.91. The third-order valence-corrected chi connectivity index (χ3v) is 7.16. The van der Waals surface area contributed by atoms with Gasteiger partial charge in [-0.3, -0.25) is 14.6 Å². The third kappa shape index (κ3) is 5.67. The van der Waals surface area contributed by atoms with E-state index in [2.05, 4.69) is 15.3 Å². The average Bonchev–Trinajstić information content (AvgIpc) is 3.00. The monoisotopic (exact) mass is 576 g/mol. The van der Waals surface area contributed by atoms with E-state index in [1.165, 1.54) is 44.8 Å². The zero-order valence-electron chi connectivity index (χ0n) is 23.5. The first kappa shape index (κ1) is 28.7. The summed E-state index contributed by atoms with van der Waals surface area (Å²) in [4.78, 5) is 35.4. The fraction of sp³-hybridized carbons (Fsp3) is 0.290. The number of nitrogens with one attached hydrogen (secondary N) is 1. The number of benzene rings is 1. The van der Waals surface area contributed by atoms with Crippen LogP contribution in [0.2, 0.25) is 0 Å². The number of fused-ring (bicyclic) bond motifs is 1. The molecule has 1 N–H and O–H groups in total. The van der Waals surface area contributed by atoms with Gasteiger partial charge < -0.3 is 24.1 Å². The number of aryl methyl sites for hydroxylation is 1. The van der Waals surface area contributed by atoms with Gasteiger partial charge in [0, 0.05) is 47.5 Å². The van der Waals surface area contributed by atoms with E-state index in [0.717, 1.165) is 30.9 Å². The van der Waals surface area contributed by atoms with E-state index in [-0.39, 0.29) is 35.2 Å². The van der Waals surface area contributed by atoms with Crippen molar-refractivity contribution in [2.45, 2.75) is 39.2 Å². The molecule has 4 aromatic rings. The van der Waals surface area contributed by atoms with E-state index in [0.29, 0.717) is 34.5 Å². The number of ether oxygens (including phenoxy) is 3. The second-order valence-electron chi connectivity index (χ2n) is 9.77. The fourth-order valence-electron chi connectivity index (χ4n) is 5.05. The van der Waals surface area contributed by atoms with Gasteiger partial charge in [0.1, 0.15) is 17.8 Å². The van der Waals surface area contributed by atoms with Gasteiger partial charge in [0.2, 0.25) is 5.43 Å². The number of hydrogen-bond donors (Lipinski definition) is 1. The van der Waals surface area contributed by atoms with Crippen molar-refractivity contribution in [3.8, 4) is 23.1 Å². The second kappa shape index (κ2) is 12.4. The van der Waals surface area contributed by atoms with E-state index in [1.54, 1.807) is 17.6 Å². The molecule has 0 saturated carbocycles. The highest BCUT2D eigenvalue weighted by Gasteiger charge is 2.22. The van der Waals surface area contributed by atoms with Gasteiger partial charge in [-0.15, -0.1) is 0 Å². The van der Waals surface area contributed by atoms with Crippen molar-refractivity contribution in [1.29, 1.82) is 0 Å². The Labute approximate surface area is 240 Å². The number of pyridine rings is 3. The highest BCUT2D eigenvalue weighted by atomic mass is 19.1. The molecule has 0 atom stereocenters. The Kier molecular flexibility index (Phi) is 8.46. The molecule has 9 nitrogen and oxygen atoms in total. The van der Waals surface area contributed by atoms with Crippen molar-refractivity contribution >= 4 is 28.2 Å². The largest absolute Gasteiger partial charge is 0.491 e. The summed E-state index contributed by atoms with van der Waals surface area (Å²) in [6, 6.07) is 7.07. The molecule has 11 heteroatoms. The van der Waals surface area contributed by atoms with Crippen molar-refractivity contribution in [2.24, 2.45) is 0 Å². The Morgan fingerprint density at radius 2 is 1.93 bits per heavy atom. The molecule has 0 spiro atoms. The summed E-state index contributed by atoms with van der Waals surface area (Å²) in [6.45, 7) is 1.11. The van der Waals surface area contributed by atoms with Crippen LogP contribution in [-0.2, 0) is 6.54 Å². The van der Waals surface area contributed by atoms with Crippen LogP contribution >= 0.6 is 0 Å². The van der Waals surface area contributed by atoms with E-state index >= 15 is 4.39 Å². The van der Waals surface area contributed by atoms with Crippen molar-refractivity contribution < 1.29 is 27.8 Å². The second-order valence-corrected chi connectivity index (χ2v) is 9.77. The van der Waals surface area contributed by atoms with E-state index in [1.807, 2.05) is 6.08 Å². The van der Waals surface area contributed by atoms with Gasteiger partial charge in [0.25, 0.3) is 11.8 Å². The maximum Gasteiger partial charge on any atom is 0.261 e. The SMILES string of the molecule is COc1cc2nccc(Oc3ccc(NC(=O)c4cn(CCF)c(C)c(C5=CCCCC5)c4=O)cc3F)c2nc1OC. The van der Waals surface area contributed by atoms with Gasteiger partial charge in [0.05, 0.1) is 26.3 Å². The minimum atomic E-state index is -0.759. The lowest BCUT2D eigenvalue weighted by Gasteiger charge is -2.19. The number of allylic oxidation sites excluding steroid dienone is 2. The van der Waals surface area contributed by atoms with Crippen LogP contribution in [0.3, 0.4) is 0 Å². The number of anilines is 1. The zero-order chi connectivity index (χ0) is 29.8. The molecule has 1 aliphatic rings. The molecule has 0 unspecified atom stereocenters. The van der Waals surface area contributed by atoms with Crippen molar-refractivity contribution in [2.75, 3.05) is 26.2 Å². The highest BCUT2D eigenvalue weighted by molar-refractivity contribution is 6.04. The summed E-state index contributed by atoms with van der Waals surface area (Å²) in [5.41, 5.74) is 2.24. The van der Waals surface area contributed by atoms with E-state index in [9.17, 15) is 14.0 Å². The Bertz CT molecular complexity index is 1750. The van der Waals surface area contributed by atoms with Crippen LogP contribution < -0.4 is 25.0 Å². The Balaban J connectivity index is 1.42. The van der Waals surface area contributed by atoms with Crippen LogP contribution in [0.25, 0.3) is 16.6 Å². The number of nitrogens with zero attached hydrogens (tertiary/aromatic N) is 3. The lowest BCUT2D eigenvalue weighted by Crippen LogP contribution is -2.28. The van der Waals surface area contributed by atoms with Crippen LogP contribution in [0, 0.1) is 12.7 Å². The number of carbonyl (C=O) groups excluding carboxylic acids is 1. The molecule has 3 heterocycles. The zero-order valence-corrected chi connectivity index (χ0v) is 23.5. The molecule has 1 aromatic carbocycles. The molecule has 218 valence electrons. The summed E-state index contributed by atoms with van der Waals surface area (Å²) in [6.07, 6.45) is 8.39. The van der Waals surface area contributed by atoms with Gasteiger partial charge in [0.15, 0.2) is 23.1 Å². The normalized spacial score (nSPS) is 13.0. The number of carbonyl (C=O) groups is 1. The highest BCUT2D eigenvalue weighted by Crippen LogP contribution is 2.35. The molecule has 0 aliphatic heterocycles. The standard InChI is InChI=1S/C31H30F2N4O5/c1-18-27(19-7-5-4-6-8-19)29(38)21(17-37(18)14-12-32)30(39)35-20-9-10-24(22(33)15-20)42-25-11-13-34-23-16-26(40-2)31(41-3)36-28(23)25/h7,9-11,13,15-17H,4-6,8,12,14H2,1-3H3,(H,35,39). The van der Waals surface area contributed by atoms with Crippen LogP contribution in [0.4, 0.5) is 14.5 Å². The molecule has 3 aromatic heterocycles. The predicted octanol–water partition coefficient (Wildman–Crippen LogP) is 6.23. The van der Waals surface area contributed by atoms with Crippen LogP contribution in [0.5, 0.6) is 23.1 Å². The number of halogens is 2. The van der Waals surface area contributed by atoms with Crippen LogP contribution in [0.15, 0.2) is 53.6 Å². The van der Waals surface area contributed by atoms with Crippen LogP contribution in [-0.4, -0.2) is 41.3 Å². The number of amides is 1. The summed E-state index contributed by atoms with van der Waals surface area (Å²) >= 11 is 0. The minimum Gasteiger partial charge on any atom is -0.491 e. The summed E-state index contributed by atoms with van der Waals surface area (Å²) in [5, 5.41) is 2.59. The summed E-state index contributed by atoms with van der Waals surface area (Å²) in [7, 11) is 2.93. The topological polar surface area (TPSA) is 105 Å². The number of hydrogen-bond acceptors (Lipinski definition) is 7.